The van der Waals surface area contributed by atoms with Crippen molar-refractivity contribution < 1.29 is 9.13 Å². The van der Waals surface area contributed by atoms with E-state index in [1.54, 1.807) is 13.2 Å². The molecule has 0 spiro atoms. The molecule has 90 valence electrons. The predicted molar refractivity (Wildman–Crippen MR) is 63.9 cm³/mol. The number of ether oxygens (including phenoxy) is 1. The van der Waals surface area contributed by atoms with E-state index in [2.05, 4.69) is 9.97 Å². The Morgan fingerprint density at radius 1 is 1.53 bits per heavy atom. The number of methoxy groups -OCH3 is 1. The SMILES string of the molecule is COCc1nc(-c2ccncc2F)sc1CN. The highest BCUT2D eigenvalue weighted by Gasteiger charge is 2.14. The molecule has 0 radical (unpaired) electrons. The summed E-state index contributed by atoms with van der Waals surface area (Å²) in [6.45, 7) is 0.763. The van der Waals surface area contributed by atoms with Crippen LogP contribution in [0, 0.1) is 5.82 Å². The highest BCUT2D eigenvalue weighted by molar-refractivity contribution is 7.15. The Kier molecular flexibility index (Phi) is 3.78. The first-order chi connectivity index (χ1) is 8.26. The van der Waals surface area contributed by atoms with Crippen molar-refractivity contribution >= 4 is 11.3 Å². The molecule has 2 N–H and O–H groups in total. The van der Waals surface area contributed by atoms with Crippen molar-refractivity contribution in [2.24, 2.45) is 5.73 Å². The smallest absolute Gasteiger partial charge is 0.151 e. The lowest BCUT2D eigenvalue weighted by atomic mass is 10.3. The summed E-state index contributed by atoms with van der Waals surface area (Å²) < 4.78 is 18.6. The lowest BCUT2D eigenvalue weighted by molar-refractivity contribution is 0.181. The van der Waals surface area contributed by atoms with Crippen LogP contribution in [-0.4, -0.2) is 17.1 Å². The van der Waals surface area contributed by atoms with E-state index in [1.807, 2.05) is 0 Å². The second-order valence-corrected chi connectivity index (χ2v) is 4.47. The van der Waals surface area contributed by atoms with Gasteiger partial charge in [0.2, 0.25) is 0 Å². The van der Waals surface area contributed by atoms with Crippen molar-refractivity contribution in [1.82, 2.24) is 9.97 Å². The Hall–Kier alpha value is -1.37. The van der Waals surface area contributed by atoms with Gasteiger partial charge in [0.25, 0.3) is 0 Å². The first kappa shape index (κ1) is 12.1. The van der Waals surface area contributed by atoms with Crippen LogP contribution >= 0.6 is 11.3 Å². The minimum absolute atomic E-state index is 0.378. The molecule has 0 unspecified atom stereocenters. The van der Waals surface area contributed by atoms with Crippen molar-refractivity contribution in [3.05, 3.63) is 34.8 Å². The Balaban J connectivity index is 2.43. The Labute approximate surface area is 102 Å². The second kappa shape index (κ2) is 5.31. The minimum Gasteiger partial charge on any atom is -0.378 e. The number of thiazole rings is 1. The zero-order valence-electron chi connectivity index (χ0n) is 9.31. The summed E-state index contributed by atoms with van der Waals surface area (Å²) in [6, 6.07) is 1.60. The summed E-state index contributed by atoms with van der Waals surface area (Å²) in [5, 5.41) is 0.609. The fourth-order valence-corrected chi connectivity index (χ4v) is 2.43. The molecule has 0 fully saturated rings. The number of nitrogens with zero attached hydrogens (tertiary/aromatic N) is 2. The van der Waals surface area contributed by atoms with Gasteiger partial charge in [-0.05, 0) is 6.07 Å². The number of rotatable bonds is 4. The molecule has 4 nitrogen and oxygen atoms in total. The van der Waals surface area contributed by atoms with E-state index in [1.165, 1.54) is 23.7 Å². The Bertz CT molecular complexity index is 515. The highest BCUT2D eigenvalue weighted by atomic mass is 32.1. The lowest BCUT2D eigenvalue weighted by Crippen LogP contribution is -1.99. The molecule has 0 saturated heterocycles. The van der Waals surface area contributed by atoms with Crippen LogP contribution in [0.3, 0.4) is 0 Å². The molecule has 2 heterocycles. The summed E-state index contributed by atoms with van der Waals surface area (Å²) in [7, 11) is 1.59. The third-order valence-electron chi connectivity index (χ3n) is 2.25. The van der Waals surface area contributed by atoms with Crippen molar-refractivity contribution in [1.29, 1.82) is 0 Å². The molecular weight excluding hydrogens is 241 g/mol. The normalized spacial score (nSPS) is 10.8. The van der Waals surface area contributed by atoms with Gasteiger partial charge in [0.05, 0.1) is 18.5 Å². The molecule has 6 heteroatoms. The molecule has 2 aromatic rings. The maximum Gasteiger partial charge on any atom is 0.151 e. The fraction of sp³-hybridized carbons (Fsp3) is 0.273. The summed E-state index contributed by atoms with van der Waals surface area (Å²) >= 11 is 1.38. The van der Waals surface area contributed by atoms with Gasteiger partial charge < -0.3 is 10.5 Å². The maximum absolute atomic E-state index is 13.5. The minimum atomic E-state index is -0.381. The van der Waals surface area contributed by atoms with Gasteiger partial charge in [0.1, 0.15) is 5.01 Å². The number of hydrogen-bond donors (Lipinski definition) is 1. The Morgan fingerprint density at radius 3 is 3.00 bits per heavy atom. The Morgan fingerprint density at radius 2 is 2.35 bits per heavy atom. The van der Waals surface area contributed by atoms with Crippen LogP contribution in [0.5, 0.6) is 0 Å². The average molecular weight is 253 g/mol. The molecule has 0 aliphatic rings. The van der Waals surface area contributed by atoms with Gasteiger partial charge >= 0.3 is 0 Å². The van der Waals surface area contributed by atoms with E-state index in [0.717, 1.165) is 10.6 Å². The van der Waals surface area contributed by atoms with E-state index < -0.39 is 0 Å². The molecule has 0 saturated carbocycles. The van der Waals surface area contributed by atoms with Crippen molar-refractivity contribution in [3.63, 3.8) is 0 Å². The second-order valence-electron chi connectivity index (χ2n) is 3.38. The number of pyridine rings is 1. The molecule has 0 aliphatic carbocycles. The summed E-state index contributed by atoms with van der Waals surface area (Å²) in [5.74, 6) is -0.381. The van der Waals surface area contributed by atoms with Gasteiger partial charge in [0, 0.05) is 30.3 Å². The first-order valence-electron chi connectivity index (χ1n) is 5.03. The zero-order chi connectivity index (χ0) is 12.3. The third-order valence-corrected chi connectivity index (χ3v) is 3.40. The quantitative estimate of drug-likeness (QED) is 0.904. The van der Waals surface area contributed by atoms with Crippen molar-refractivity contribution in [2.45, 2.75) is 13.2 Å². The van der Waals surface area contributed by atoms with Crippen molar-refractivity contribution in [2.75, 3.05) is 7.11 Å². The van der Waals surface area contributed by atoms with Crippen LogP contribution < -0.4 is 5.73 Å². The monoisotopic (exact) mass is 253 g/mol. The van der Waals surface area contributed by atoms with Crippen LogP contribution in [0.1, 0.15) is 10.6 Å². The van der Waals surface area contributed by atoms with E-state index >= 15 is 0 Å². The van der Waals surface area contributed by atoms with E-state index in [9.17, 15) is 4.39 Å². The van der Waals surface area contributed by atoms with E-state index in [0.29, 0.717) is 23.7 Å². The van der Waals surface area contributed by atoms with Crippen LogP contribution in [0.15, 0.2) is 18.5 Å². The maximum atomic E-state index is 13.5. The summed E-state index contributed by atoms with van der Waals surface area (Å²) in [4.78, 5) is 8.97. The van der Waals surface area contributed by atoms with Crippen molar-refractivity contribution in [3.8, 4) is 10.6 Å². The van der Waals surface area contributed by atoms with E-state index in [4.69, 9.17) is 10.5 Å². The third kappa shape index (κ3) is 2.49. The number of aromatic nitrogens is 2. The van der Waals surface area contributed by atoms with Crippen LogP contribution in [0.4, 0.5) is 4.39 Å². The largest absolute Gasteiger partial charge is 0.378 e. The number of hydrogen-bond acceptors (Lipinski definition) is 5. The number of nitrogens with two attached hydrogens (primary N) is 1. The van der Waals surface area contributed by atoms with E-state index in [-0.39, 0.29) is 5.82 Å². The molecule has 0 atom stereocenters. The van der Waals surface area contributed by atoms with Gasteiger partial charge in [-0.25, -0.2) is 9.37 Å². The predicted octanol–water partition coefficient (Wildman–Crippen LogP) is 1.95. The highest BCUT2D eigenvalue weighted by Crippen LogP contribution is 2.29. The van der Waals surface area contributed by atoms with Crippen LogP contribution in [0.2, 0.25) is 0 Å². The fourth-order valence-electron chi connectivity index (χ4n) is 1.46. The number of halogens is 1. The average Bonchev–Trinajstić information content (AvgIpc) is 2.73. The molecule has 0 aliphatic heterocycles. The van der Waals surface area contributed by atoms with Gasteiger partial charge in [-0.15, -0.1) is 11.3 Å². The molecule has 0 amide bonds. The molecular formula is C11H12FN3OS. The molecule has 0 aromatic carbocycles. The molecule has 2 aromatic heterocycles. The summed E-state index contributed by atoms with van der Waals surface area (Å²) in [6.07, 6.45) is 2.72. The molecule has 17 heavy (non-hydrogen) atoms. The topological polar surface area (TPSA) is 61.0 Å². The summed E-state index contributed by atoms with van der Waals surface area (Å²) in [5.41, 5.74) is 6.84. The van der Waals surface area contributed by atoms with Gasteiger partial charge in [-0.3, -0.25) is 4.98 Å². The standard InChI is InChI=1S/C11H12FN3OS/c1-16-6-9-10(4-13)17-11(15-9)7-2-3-14-5-8(7)12/h2-3,5H,4,6,13H2,1H3. The molecule has 2 rings (SSSR count). The lowest BCUT2D eigenvalue weighted by Gasteiger charge is -1.97. The van der Waals surface area contributed by atoms with Crippen LogP contribution in [0.25, 0.3) is 10.6 Å². The van der Waals surface area contributed by atoms with Gasteiger partial charge in [-0.1, -0.05) is 0 Å². The van der Waals surface area contributed by atoms with Gasteiger partial charge in [0.15, 0.2) is 5.82 Å². The first-order valence-corrected chi connectivity index (χ1v) is 5.85. The van der Waals surface area contributed by atoms with Crippen LogP contribution in [-0.2, 0) is 17.9 Å². The zero-order valence-corrected chi connectivity index (χ0v) is 10.1. The van der Waals surface area contributed by atoms with Gasteiger partial charge in [-0.2, -0.15) is 0 Å². The molecule has 0 bridgehead atoms.